The maximum atomic E-state index is 5.75. The number of nitrogens with one attached hydrogen (secondary N) is 1. The third-order valence-electron chi connectivity index (χ3n) is 3.40. The van der Waals surface area contributed by atoms with Crippen molar-refractivity contribution in [3.63, 3.8) is 0 Å². The lowest BCUT2D eigenvalue weighted by atomic mass is 10.0. The van der Waals surface area contributed by atoms with Crippen LogP contribution >= 0.6 is 11.3 Å². The molecule has 1 aromatic heterocycles. The molecule has 1 unspecified atom stereocenters. The van der Waals surface area contributed by atoms with Crippen LogP contribution in [0.5, 0.6) is 5.75 Å². The van der Waals surface area contributed by atoms with Crippen molar-refractivity contribution in [2.75, 3.05) is 5.32 Å². The number of hydrogen-bond acceptors (Lipinski definition) is 3. The summed E-state index contributed by atoms with van der Waals surface area (Å²) >= 11 is 1.81. The first-order valence-electron chi connectivity index (χ1n) is 7.54. The number of rotatable bonds is 6. The Morgan fingerprint density at radius 1 is 1.10 bits per heavy atom. The molecule has 0 bridgehead atoms. The summed E-state index contributed by atoms with van der Waals surface area (Å²) in [5, 5.41) is 5.82. The van der Waals surface area contributed by atoms with Crippen LogP contribution in [0.3, 0.4) is 0 Å². The number of hydrogen-bond donors (Lipinski definition) is 1. The summed E-state index contributed by atoms with van der Waals surface area (Å²) < 4.78 is 5.75. The van der Waals surface area contributed by atoms with Gasteiger partial charge in [-0.05, 0) is 61.9 Å². The van der Waals surface area contributed by atoms with E-state index in [0.29, 0.717) is 12.0 Å². The van der Waals surface area contributed by atoms with Crippen LogP contribution in [0.2, 0.25) is 0 Å². The molecule has 2 rings (SSSR count). The zero-order valence-electron chi connectivity index (χ0n) is 13.5. The summed E-state index contributed by atoms with van der Waals surface area (Å²) in [4.78, 5) is 1.38. The quantitative estimate of drug-likeness (QED) is 0.744. The molecule has 2 nitrogen and oxygen atoms in total. The molecule has 0 radical (unpaired) electrons. The molecular formula is C18H25NOS. The minimum Gasteiger partial charge on any atom is -0.491 e. The standard InChI is InChI=1S/C18H25NOS/c1-12(2)18(17-7-6-10-21-17)19-16-9-8-15(11-14(16)5)20-13(3)4/h6-13,18-19H,1-5H3. The van der Waals surface area contributed by atoms with Gasteiger partial charge in [-0.1, -0.05) is 19.9 Å². The highest BCUT2D eigenvalue weighted by Gasteiger charge is 2.17. The molecule has 0 amide bonds. The van der Waals surface area contributed by atoms with Crippen LogP contribution in [0.1, 0.15) is 44.2 Å². The Kier molecular flexibility index (Phi) is 5.29. The summed E-state index contributed by atoms with van der Waals surface area (Å²) in [6.45, 7) is 10.7. The lowest BCUT2D eigenvalue weighted by molar-refractivity contribution is 0.242. The van der Waals surface area contributed by atoms with E-state index in [9.17, 15) is 0 Å². The lowest BCUT2D eigenvalue weighted by Gasteiger charge is -2.24. The number of anilines is 1. The van der Waals surface area contributed by atoms with E-state index in [1.165, 1.54) is 16.1 Å². The lowest BCUT2D eigenvalue weighted by Crippen LogP contribution is -2.16. The molecule has 1 heterocycles. The minimum atomic E-state index is 0.206. The molecule has 1 N–H and O–H groups in total. The van der Waals surface area contributed by atoms with Crippen molar-refractivity contribution in [2.45, 2.75) is 46.8 Å². The highest BCUT2D eigenvalue weighted by Crippen LogP contribution is 2.32. The van der Waals surface area contributed by atoms with Gasteiger partial charge in [0, 0.05) is 10.6 Å². The fourth-order valence-corrected chi connectivity index (χ4v) is 3.29. The second-order valence-corrected chi connectivity index (χ2v) is 7.00. The highest BCUT2D eigenvalue weighted by molar-refractivity contribution is 7.10. The van der Waals surface area contributed by atoms with E-state index in [2.05, 4.69) is 55.7 Å². The molecule has 0 aliphatic carbocycles. The third kappa shape index (κ3) is 4.24. The van der Waals surface area contributed by atoms with E-state index in [4.69, 9.17) is 4.74 Å². The van der Waals surface area contributed by atoms with E-state index in [1.807, 2.05) is 31.3 Å². The predicted molar refractivity (Wildman–Crippen MR) is 92.5 cm³/mol. The smallest absolute Gasteiger partial charge is 0.120 e. The SMILES string of the molecule is Cc1cc(OC(C)C)ccc1NC(c1cccs1)C(C)C. The zero-order chi connectivity index (χ0) is 15.4. The van der Waals surface area contributed by atoms with E-state index < -0.39 is 0 Å². The number of benzene rings is 1. The average Bonchev–Trinajstić information content (AvgIpc) is 2.90. The maximum Gasteiger partial charge on any atom is 0.120 e. The topological polar surface area (TPSA) is 21.3 Å². The van der Waals surface area contributed by atoms with Crippen molar-refractivity contribution in [3.05, 3.63) is 46.2 Å². The molecule has 0 fully saturated rings. The Labute approximate surface area is 132 Å². The summed E-state index contributed by atoms with van der Waals surface area (Å²) in [5.74, 6) is 1.47. The molecule has 2 aromatic rings. The van der Waals surface area contributed by atoms with E-state index in [0.717, 1.165) is 5.75 Å². The van der Waals surface area contributed by atoms with Crippen molar-refractivity contribution < 1.29 is 4.74 Å². The molecule has 1 atom stereocenters. The summed E-state index contributed by atoms with van der Waals surface area (Å²) in [5.41, 5.74) is 2.40. The van der Waals surface area contributed by atoms with Crippen LogP contribution in [-0.4, -0.2) is 6.10 Å². The molecule has 0 saturated heterocycles. The van der Waals surface area contributed by atoms with Crippen molar-refractivity contribution >= 4 is 17.0 Å². The molecule has 3 heteroatoms. The zero-order valence-corrected chi connectivity index (χ0v) is 14.3. The third-order valence-corrected chi connectivity index (χ3v) is 4.35. The van der Waals surface area contributed by atoms with Crippen LogP contribution in [0.15, 0.2) is 35.7 Å². The Morgan fingerprint density at radius 2 is 1.86 bits per heavy atom. The minimum absolute atomic E-state index is 0.206. The van der Waals surface area contributed by atoms with Gasteiger partial charge in [0.15, 0.2) is 0 Å². The molecule has 21 heavy (non-hydrogen) atoms. The Hall–Kier alpha value is -1.48. The van der Waals surface area contributed by atoms with Gasteiger partial charge in [-0.25, -0.2) is 0 Å². The monoisotopic (exact) mass is 303 g/mol. The van der Waals surface area contributed by atoms with Gasteiger partial charge in [0.1, 0.15) is 5.75 Å². The van der Waals surface area contributed by atoms with E-state index in [-0.39, 0.29) is 6.10 Å². The van der Waals surface area contributed by atoms with E-state index >= 15 is 0 Å². The first-order chi connectivity index (χ1) is 9.97. The van der Waals surface area contributed by atoms with Crippen LogP contribution in [0.25, 0.3) is 0 Å². The van der Waals surface area contributed by atoms with Gasteiger partial charge in [-0.3, -0.25) is 0 Å². The van der Waals surface area contributed by atoms with Crippen LogP contribution in [0, 0.1) is 12.8 Å². The summed E-state index contributed by atoms with van der Waals surface area (Å²) in [7, 11) is 0. The maximum absolute atomic E-state index is 5.75. The molecule has 0 aliphatic heterocycles. The van der Waals surface area contributed by atoms with Crippen LogP contribution < -0.4 is 10.1 Å². The first-order valence-corrected chi connectivity index (χ1v) is 8.42. The van der Waals surface area contributed by atoms with Gasteiger partial charge in [0.25, 0.3) is 0 Å². The largest absolute Gasteiger partial charge is 0.491 e. The van der Waals surface area contributed by atoms with Crippen molar-refractivity contribution in [1.29, 1.82) is 0 Å². The molecular weight excluding hydrogens is 278 g/mol. The summed E-state index contributed by atoms with van der Waals surface area (Å²) in [6.07, 6.45) is 0.206. The molecule has 0 spiro atoms. The molecule has 0 aliphatic rings. The van der Waals surface area contributed by atoms with Gasteiger partial charge < -0.3 is 10.1 Å². The fraction of sp³-hybridized carbons (Fsp3) is 0.444. The van der Waals surface area contributed by atoms with Gasteiger partial charge in [0.2, 0.25) is 0 Å². The van der Waals surface area contributed by atoms with Gasteiger partial charge >= 0.3 is 0 Å². The Morgan fingerprint density at radius 3 is 2.38 bits per heavy atom. The number of aryl methyl sites for hydroxylation is 1. The first kappa shape index (κ1) is 15.9. The second-order valence-electron chi connectivity index (χ2n) is 6.02. The van der Waals surface area contributed by atoms with Gasteiger partial charge in [-0.2, -0.15) is 0 Å². The van der Waals surface area contributed by atoms with Gasteiger partial charge in [0.05, 0.1) is 12.1 Å². The number of thiophene rings is 1. The molecule has 0 saturated carbocycles. The normalized spacial score (nSPS) is 12.7. The van der Waals surface area contributed by atoms with Crippen LogP contribution in [0.4, 0.5) is 5.69 Å². The predicted octanol–water partition coefficient (Wildman–Crippen LogP) is 5.65. The van der Waals surface area contributed by atoms with E-state index in [1.54, 1.807) is 0 Å². The van der Waals surface area contributed by atoms with Crippen molar-refractivity contribution in [2.24, 2.45) is 5.92 Å². The molecule has 114 valence electrons. The Balaban J connectivity index is 2.18. The number of ether oxygens (including phenoxy) is 1. The van der Waals surface area contributed by atoms with Crippen molar-refractivity contribution in [1.82, 2.24) is 0 Å². The van der Waals surface area contributed by atoms with Gasteiger partial charge in [-0.15, -0.1) is 11.3 Å². The average molecular weight is 303 g/mol. The Bertz CT molecular complexity index is 561. The molecule has 1 aromatic carbocycles. The highest BCUT2D eigenvalue weighted by atomic mass is 32.1. The van der Waals surface area contributed by atoms with Crippen LogP contribution in [-0.2, 0) is 0 Å². The fourth-order valence-electron chi connectivity index (χ4n) is 2.35. The second kappa shape index (κ2) is 6.99. The van der Waals surface area contributed by atoms with Crippen molar-refractivity contribution in [3.8, 4) is 5.75 Å². The summed E-state index contributed by atoms with van der Waals surface area (Å²) in [6, 6.07) is 10.9.